The first-order chi connectivity index (χ1) is 33.0. The van der Waals surface area contributed by atoms with Crippen molar-refractivity contribution in [2.75, 3.05) is 18.8 Å². The zero-order valence-electron chi connectivity index (χ0n) is 38.0. The van der Waals surface area contributed by atoms with Crippen molar-refractivity contribution in [1.82, 2.24) is 19.4 Å². The van der Waals surface area contributed by atoms with E-state index in [4.69, 9.17) is 72.4 Å². The SMILES string of the molecule is CC1(C)OB(c2cnc(F)c(Cl)c2)OC1(C)C.CS(=O)(=O)NC(=O)c1cc(Cl)c(-c2cnc(F)c(Cl)c2)cc1F.CS(=O)(=O)NC(=O)c1cc(Cl)c(Br)cc1F.CS(N)(=O)=O.O=C(O)c1cc(Cl)c(Br)cc1F. The Bertz CT molecular complexity index is 3260. The minimum Gasteiger partial charge on any atom is -0.478 e. The van der Waals surface area contributed by atoms with Gasteiger partial charge in [0.1, 0.15) is 17.5 Å². The van der Waals surface area contributed by atoms with E-state index in [9.17, 15) is 61.6 Å². The molecule has 2 amide bonds. The summed E-state index contributed by atoms with van der Waals surface area (Å²) in [5.41, 5.74) is -1.30. The molecule has 0 aliphatic carbocycles. The first kappa shape index (κ1) is 65.3. The zero-order valence-corrected chi connectivity index (χ0v) is 47.4. The van der Waals surface area contributed by atoms with Gasteiger partial charge in [0.05, 0.1) is 66.8 Å². The lowest BCUT2D eigenvalue weighted by atomic mass is 9.80. The van der Waals surface area contributed by atoms with Gasteiger partial charge in [-0.1, -0.05) is 58.0 Å². The van der Waals surface area contributed by atoms with E-state index >= 15 is 0 Å². The summed E-state index contributed by atoms with van der Waals surface area (Å²) in [5, 5.41) is 12.7. The predicted molar refractivity (Wildman–Crippen MR) is 273 cm³/mol. The predicted octanol–water partition coefficient (Wildman–Crippen LogP) is 8.97. The van der Waals surface area contributed by atoms with Crippen LogP contribution in [0.1, 0.15) is 58.8 Å². The number of carbonyl (C=O) groups is 3. The quantitative estimate of drug-likeness (QED) is 0.0513. The number of amides is 2. The summed E-state index contributed by atoms with van der Waals surface area (Å²) in [7, 11) is -11.3. The highest BCUT2D eigenvalue weighted by atomic mass is 79.9. The number of hydrogen-bond donors (Lipinski definition) is 4. The van der Waals surface area contributed by atoms with Crippen LogP contribution < -0.4 is 20.0 Å². The molecule has 0 bridgehead atoms. The third kappa shape index (κ3) is 21.0. The van der Waals surface area contributed by atoms with E-state index in [1.807, 2.05) is 27.7 Å². The molecule has 1 aliphatic rings. The Morgan fingerprint density at radius 3 is 1.34 bits per heavy atom. The molecule has 0 radical (unpaired) electrons. The van der Waals surface area contributed by atoms with E-state index in [2.05, 4.69) is 47.0 Å². The monoisotopic (exact) mass is 1310 g/mol. The fourth-order valence-corrected chi connectivity index (χ4v) is 7.35. The second kappa shape index (κ2) is 26.3. The number of halogens is 12. The first-order valence-corrected chi connectivity index (χ1v) is 28.3. The maximum absolute atomic E-state index is 14.1. The van der Waals surface area contributed by atoms with Crippen molar-refractivity contribution < 1.29 is 76.0 Å². The average Bonchev–Trinajstić information content (AvgIpc) is 3.44. The lowest BCUT2D eigenvalue weighted by Crippen LogP contribution is -2.41. The van der Waals surface area contributed by atoms with Crippen LogP contribution in [0.15, 0.2) is 69.9 Å². The van der Waals surface area contributed by atoms with Crippen molar-refractivity contribution >= 4 is 150 Å². The number of hydrogen-bond acceptors (Lipinski definition) is 13. The molecular weight excluding hydrogens is 1280 g/mol. The Balaban J connectivity index is 0.000000330. The van der Waals surface area contributed by atoms with Crippen LogP contribution >= 0.6 is 89.9 Å². The van der Waals surface area contributed by atoms with Gasteiger partial charge in [-0.3, -0.25) is 9.59 Å². The van der Waals surface area contributed by atoms with Crippen molar-refractivity contribution in [2.24, 2.45) is 5.14 Å². The molecule has 3 aromatic carbocycles. The van der Waals surface area contributed by atoms with Crippen LogP contribution in [0, 0.1) is 29.3 Å². The number of sulfonamides is 3. The summed E-state index contributed by atoms with van der Waals surface area (Å²) in [6, 6.07) is 8.65. The number of aromatic carboxylic acids is 1. The molecule has 398 valence electrons. The lowest BCUT2D eigenvalue weighted by Gasteiger charge is -2.32. The first-order valence-electron chi connectivity index (χ1n) is 19.1. The summed E-state index contributed by atoms with van der Waals surface area (Å²) in [4.78, 5) is 40.4. The van der Waals surface area contributed by atoms with Crippen LogP contribution in [0.3, 0.4) is 0 Å². The highest BCUT2D eigenvalue weighted by Crippen LogP contribution is 2.37. The third-order valence-electron chi connectivity index (χ3n) is 8.80. The number of nitrogens with two attached hydrogens (primary N) is 1. The zero-order chi connectivity index (χ0) is 56.5. The van der Waals surface area contributed by atoms with Gasteiger partial charge in [0, 0.05) is 43.0 Å². The molecule has 3 heterocycles. The van der Waals surface area contributed by atoms with Crippen LogP contribution in [0.25, 0.3) is 11.1 Å². The molecule has 5 N–H and O–H groups in total. The molecule has 0 spiro atoms. The van der Waals surface area contributed by atoms with E-state index in [1.165, 1.54) is 18.3 Å². The van der Waals surface area contributed by atoms with Crippen molar-refractivity contribution in [3.05, 3.63) is 141 Å². The summed E-state index contributed by atoms with van der Waals surface area (Å²) < 4.78 is 144. The maximum Gasteiger partial charge on any atom is 0.496 e. The van der Waals surface area contributed by atoms with Crippen molar-refractivity contribution in [2.45, 2.75) is 38.9 Å². The number of carboxylic acids is 1. The summed E-state index contributed by atoms with van der Waals surface area (Å²) >= 11 is 34.4. The summed E-state index contributed by atoms with van der Waals surface area (Å²) in [6.07, 6.45) is 4.96. The number of aromatic nitrogens is 2. The van der Waals surface area contributed by atoms with Gasteiger partial charge >= 0.3 is 13.1 Å². The average molecular weight is 1320 g/mol. The number of benzene rings is 3. The Kier molecular flexibility index (Phi) is 23.6. The number of carboxylic acid groups (broad SMARTS) is 1. The van der Waals surface area contributed by atoms with Gasteiger partial charge in [-0.15, -0.1) is 0 Å². The van der Waals surface area contributed by atoms with Gasteiger partial charge in [0.25, 0.3) is 11.8 Å². The third-order valence-corrected chi connectivity index (χ3v) is 13.2. The highest BCUT2D eigenvalue weighted by molar-refractivity contribution is 9.10. The molecule has 0 unspecified atom stereocenters. The molecule has 73 heavy (non-hydrogen) atoms. The standard InChI is InChI=1S/C13H8Cl2F2N2O3S.C11H14BClFNO2.C8H6BrClFNO3S.C7H3BrClFO2.CH5NO2S/c1-23(21,22)19-13(20)8-3-9(14)7(4-11(8)16)6-2-10(15)12(17)18-5-6;1-10(2)11(3,4)17-12(16-10)7-5-8(13)9(14)15-6-7;1-16(14,15)12-8(13)4-2-6(10)5(9)3-7(4)11;8-4-2-6(10)3(7(11)12)1-5(4)9;1-5(2,3)4/h2-5H,1H3,(H,19,20);5-6H,1-4H3;2-3H,1H3,(H,12,13);1-2H,(H,11,12);1H3,(H2,2,3,4). The van der Waals surface area contributed by atoms with E-state index < -0.39 is 112 Å². The van der Waals surface area contributed by atoms with E-state index in [1.54, 1.807) is 9.44 Å². The Hall–Kier alpha value is -3.78. The van der Waals surface area contributed by atoms with Crippen LogP contribution in [0.2, 0.25) is 25.1 Å². The van der Waals surface area contributed by atoms with Crippen LogP contribution in [-0.2, 0) is 39.4 Å². The van der Waals surface area contributed by atoms with Gasteiger partial charge in [-0.05, 0) is 108 Å². The van der Waals surface area contributed by atoms with Crippen LogP contribution in [0.4, 0.5) is 22.0 Å². The molecule has 0 atom stereocenters. The number of pyridine rings is 2. The normalized spacial score (nSPS) is 13.6. The Morgan fingerprint density at radius 2 is 0.959 bits per heavy atom. The Labute approximate surface area is 457 Å². The number of primary sulfonamides is 1. The molecule has 17 nitrogen and oxygen atoms in total. The molecular formula is C40H36BBr2Cl5F5N5O12S3. The van der Waals surface area contributed by atoms with Crippen molar-refractivity contribution in [3.8, 4) is 11.1 Å². The maximum atomic E-state index is 14.1. The lowest BCUT2D eigenvalue weighted by molar-refractivity contribution is 0.00578. The minimum atomic E-state index is -3.85. The largest absolute Gasteiger partial charge is 0.496 e. The molecule has 1 saturated heterocycles. The summed E-state index contributed by atoms with van der Waals surface area (Å²) in [5.74, 6) is -7.81. The van der Waals surface area contributed by atoms with Gasteiger partial charge < -0.3 is 14.4 Å². The fraction of sp³-hybridized carbons (Fsp3) is 0.225. The Morgan fingerprint density at radius 1 is 0.603 bits per heavy atom. The molecule has 1 fully saturated rings. The van der Waals surface area contributed by atoms with E-state index in [-0.39, 0.29) is 40.7 Å². The second-order valence-electron chi connectivity index (χ2n) is 15.5. The van der Waals surface area contributed by atoms with Crippen molar-refractivity contribution in [1.29, 1.82) is 0 Å². The van der Waals surface area contributed by atoms with Crippen molar-refractivity contribution in [3.63, 3.8) is 0 Å². The molecule has 1 aliphatic heterocycles. The van der Waals surface area contributed by atoms with E-state index in [0.717, 1.165) is 61.4 Å². The molecule has 6 rings (SSSR count). The number of nitrogens with one attached hydrogen (secondary N) is 2. The van der Waals surface area contributed by atoms with Crippen LogP contribution in [0.5, 0.6) is 0 Å². The second-order valence-corrected chi connectivity index (χ2v) is 24.4. The minimum absolute atomic E-state index is 0.0304. The fourth-order valence-electron chi connectivity index (χ4n) is 4.88. The van der Waals surface area contributed by atoms with Gasteiger partial charge in [0.2, 0.25) is 42.0 Å². The van der Waals surface area contributed by atoms with Gasteiger partial charge in [0.15, 0.2) is 0 Å². The topological polar surface area (TPSA) is 268 Å². The molecule has 5 aromatic rings. The molecule has 2 aromatic heterocycles. The number of rotatable bonds is 7. The highest BCUT2D eigenvalue weighted by Gasteiger charge is 2.52. The van der Waals surface area contributed by atoms with Gasteiger partial charge in [-0.25, -0.2) is 67.8 Å². The molecule has 33 heteroatoms. The molecule has 0 saturated carbocycles. The van der Waals surface area contributed by atoms with Crippen LogP contribution in [-0.4, -0.2) is 95.2 Å². The smallest absolute Gasteiger partial charge is 0.478 e. The van der Waals surface area contributed by atoms with Gasteiger partial charge in [-0.2, -0.15) is 8.78 Å². The number of nitrogens with zero attached hydrogens (tertiary/aromatic N) is 2. The van der Waals surface area contributed by atoms with E-state index in [0.29, 0.717) is 9.94 Å². The number of carbonyl (C=O) groups excluding carboxylic acids is 2. The summed E-state index contributed by atoms with van der Waals surface area (Å²) in [6.45, 7) is 7.80.